The summed E-state index contributed by atoms with van der Waals surface area (Å²) < 4.78 is 33.4. The number of aromatic nitrogens is 1. The summed E-state index contributed by atoms with van der Waals surface area (Å²) in [4.78, 5) is 19.1. The summed E-state index contributed by atoms with van der Waals surface area (Å²) >= 11 is 0. The quantitative estimate of drug-likeness (QED) is 0.583. The van der Waals surface area contributed by atoms with E-state index < -0.39 is 10.0 Å². The van der Waals surface area contributed by atoms with Crippen LogP contribution in [0.5, 0.6) is 0 Å². The van der Waals surface area contributed by atoms with Crippen LogP contribution in [-0.4, -0.2) is 45.0 Å². The number of nitrogens with zero attached hydrogens (tertiary/aromatic N) is 2. The van der Waals surface area contributed by atoms with E-state index in [1.165, 1.54) is 0 Å². The summed E-state index contributed by atoms with van der Waals surface area (Å²) in [6.45, 7) is 4.44. The van der Waals surface area contributed by atoms with E-state index in [4.69, 9.17) is 4.42 Å². The van der Waals surface area contributed by atoms with Crippen LogP contribution in [0.3, 0.4) is 0 Å². The van der Waals surface area contributed by atoms with Crippen LogP contribution in [0.2, 0.25) is 0 Å². The van der Waals surface area contributed by atoms with E-state index >= 15 is 0 Å². The number of rotatable bonds is 7. The molecule has 9 heteroatoms. The Morgan fingerprint density at radius 2 is 2.03 bits per heavy atom. The lowest BCUT2D eigenvalue weighted by Gasteiger charge is -2.23. The van der Waals surface area contributed by atoms with Crippen LogP contribution < -0.4 is 14.9 Å². The molecule has 1 saturated heterocycles. The summed E-state index contributed by atoms with van der Waals surface area (Å²) in [7, 11) is -3.76. The zero-order valence-corrected chi connectivity index (χ0v) is 18.4. The summed E-state index contributed by atoms with van der Waals surface area (Å²) in [6, 6.07) is 13.4. The highest BCUT2D eigenvalue weighted by atomic mass is 32.2. The van der Waals surface area contributed by atoms with Crippen molar-refractivity contribution in [1.29, 1.82) is 0 Å². The molecule has 1 aromatic heterocycles. The molecule has 8 nitrogen and oxygen atoms in total. The number of fused-ring (bicyclic) bond motifs is 1. The second kappa shape index (κ2) is 8.68. The third-order valence-electron chi connectivity index (χ3n) is 5.50. The highest BCUT2D eigenvalue weighted by Gasteiger charge is 2.29. The standard InChI is InChI=1S/C22H26N4O4S/c1-15-9-10-16(2)20(12-15)31(28,29)24-14-21(27)23-13-17-6-5-11-26(17)22-25-18-7-3-4-8-19(18)30-22/h3-4,7-10,12,17,24H,5-6,11,13-14H2,1-2H3,(H,23,27)/t17-/m0/s1. The van der Waals surface area contributed by atoms with Gasteiger partial charge in [-0.1, -0.05) is 24.3 Å². The second-order valence-corrected chi connectivity index (χ2v) is 9.59. The fourth-order valence-electron chi connectivity index (χ4n) is 3.81. The zero-order chi connectivity index (χ0) is 22.0. The molecule has 1 amide bonds. The van der Waals surface area contributed by atoms with Crippen LogP contribution in [0.1, 0.15) is 24.0 Å². The van der Waals surface area contributed by atoms with Crippen molar-refractivity contribution >= 4 is 33.0 Å². The van der Waals surface area contributed by atoms with Gasteiger partial charge in [0.15, 0.2) is 5.58 Å². The smallest absolute Gasteiger partial charge is 0.298 e. The molecule has 4 rings (SSSR count). The number of benzene rings is 2. The topological polar surface area (TPSA) is 105 Å². The van der Waals surface area contributed by atoms with E-state index in [1.807, 2.05) is 37.3 Å². The van der Waals surface area contributed by atoms with Gasteiger partial charge in [0.1, 0.15) is 5.52 Å². The Labute approximate surface area is 181 Å². The molecule has 2 aromatic carbocycles. The van der Waals surface area contributed by atoms with Gasteiger partial charge in [-0.15, -0.1) is 0 Å². The molecule has 31 heavy (non-hydrogen) atoms. The molecule has 2 N–H and O–H groups in total. The SMILES string of the molecule is Cc1ccc(C)c(S(=O)(=O)NCC(=O)NC[C@@H]2CCCN2c2nc3ccccc3o2)c1. The average Bonchev–Trinajstić information content (AvgIpc) is 3.38. The lowest BCUT2D eigenvalue weighted by molar-refractivity contribution is -0.120. The van der Waals surface area contributed by atoms with Crippen molar-refractivity contribution in [3.63, 3.8) is 0 Å². The average molecular weight is 443 g/mol. The summed E-state index contributed by atoms with van der Waals surface area (Å²) in [5.41, 5.74) is 3.01. The molecule has 164 valence electrons. The number of para-hydroxylation sites is 2. The largest absolute Gasteiger partial charge is 0.423 e. The predicted molar refractivity (Wildman–Crippen MR) is 118 cm³/mol. The molecule has 0 unspecified atom stereocenters. The van der Waals surface area contributed by atoms with E-state index in [2.05, 4.69) is 19.9 Å². The van der Waals surface area contributed by atoms with Gasteiger partial charge in [0, 0.05) is 13.1 Å². The van der Waals surface area contributed by atoms with E-state index in [1.54, 1.807) is 19.1 Å². The maximum Gasteiger partial charge on any atom is 0.298 e. The Hall–Kier alpha value is -2.91. The van der Waals surface area contributed by atoms with Gasteiger partial charge in [0.2, 0.25) is 15.9 Å². The van der Waals surface area contributed by atoms with Crippen LogP contribution in [0.4, 0.5) is 6.01 Å². The first-order valence-corrected chi connectivity index (χ1v) is 11.8. The van der Waals surface area contributed by atoms with Gasteiger partial charge < -0.3 is 14.6 Å². The Kier molecular flexibility index (Phi) is 5.97. The molecule has 1 aliphatic heterocycles. The van der Waals surface area contributed by atoms with Gasteiger partial charge in [0.05, 0.1) is 17.5 Å². The Balaban J connectivity index is 1.34. The normalized spacial score (nSPS) is 16.7. The van der Waals surface area contributed by atoms with Gasteiger partial charge in [-0.05, 0) is 56.0 Å². The Bertz CT molecular complexity index is 1170. The lowest BCUT2D eigenvalue weighted by atomic mass is 10.2. The molecule has 0 aliphatic carbocycles. The monoisotopic (exact) mass is 442 g/mol. The maximum absolute atomic E-state index is 12.6. The molecular weight excluding hydrogens is 416 g/mol. The third kappa shape index (κ3) is 4.72. The molecule has 0 radical (unpaired) electrons. The van der Waals surface area contributed by atoms with Crippen molar-refractivity contribution < 1.29 is 17.6 Å². The number of hydrogen-bond acceptors (Lipinski definition) is 6. The van der Waals surface area contributed by atoms with Crippen molar-refractivity contribution in [2.45, 2.75) is 37.6 Å². The van der Waals surface area contributed by atoms with Crippen LogP contribution in [0.15, 0.2) is 51.8 Å². The summed E-state index contributed by atoms with van der Waals surface area (Å²) in [5, 5.41) is 2.83. The number of amides is 1. The third-order valence-corrected chi connectivity index (χ3v) is 7.04. The highest BCUT2D eigenvalue weighted by molar-refractivity contribution is 7.89. The minimum Gasteiger partial charge on any atom is -0.423 e. The van der Waals surface area contributed by atoms with Crippen LogP contribution in [-0.2, 0) is 14.8 Å². The van der Waals surface area contributed by atoms with Gasteiger partial charge >= 0.3 is 0 Å². The van der Waals surface area contributed by atoms with E-state index in [-0.39, 0.29) is 23.4 Å². The van der Waals surface area contributed by atoms with Crippen LogP contribution in [0, 0.1) is 13.8 Å². The van der Waals surface area contributed by atoms with Gasteiger partial charge in [0.25, 0.3) is 6.01 Å². The second-order valence-electron chi connectivity index (χ2n) is 7.85. The zero-order valence-electron chi connectivity index (χ0n) is 17.6. The number of nitrogens with one attached hydrogen (secondary N) is 2. The summed E-state index contributed by atoms with van der Waals surface area (Å²) in [5.74, 6) is -0.377. The van der Waals surface area contributed by atoms with E-state index in [0.29, 0.717) is 18.1 Å². The number of oxazole rings is 1. The molecule has 1 fully saturated rings. The van der Waals surface area contributed by atoms with Gasteiger partial charge in [-0.3, -0.25) is 4.79 Å². The molecule has 3 aromatic rings. The first-order chi connectivity index (χ1) is 14.8. The number of sulfonamides is 1. The first-order valence-electron chi connectivity index (χ1n) is 10.3. The molecule has 0 spiro atoms. The maximum atomic E-state index is 12.6. The van der Waals surface area contributed by atoms with Gasteiger partial charge in [-0.25, -0.2) is 13.1 Å². The van der Waals surface area contributed by atoms with E-state index in [0.717, 1.165) is 36.0 Å². The molecule has 1 atom stereocenters. The van der Waals surface area contributed by atoms with Crippen molar-refractivity contribution in [2.24, 2.45) is 0 Å². The number of carbonyl (C=O) groups excluding carboxylic acids is 1. The van der Waals surface area contributed by atoms with Crippen molar-refractivity contribution in [3.8, 4) is 0 Å². The molecule has 1 aliphatic rings. The molecule has 2 heterocycles. The van der Waals surface area contributed by atoms with E-state index in [9.17, 15) is 13.2 Å². The Morgan fingerprint density at radius 3 is 2.84 bits per heavy atom. The Morgan fingerprint density at radius 1 is 1.23 bits per heavy atom. The lowest BCUT2D eigenvalue weighted by Crippen LogP contribution is -2.44. The molecule has 0 saturated carbocycles. The van der Waals surface area contributed by atoms with Crippen LogP contribution in [0.25, 0.3) is 11.1 Å². The number of carbonyl (C=O) groups is 1. The van der Waals surface area contributed by atoms with Crippen molar-refractivity contribution in [3.05, 3.63) is 53.6 Å². The fraction of sp³-hybridized carbons (Fsp3) is 0.364. The minimum atomic E-state index is -3.76. The fourth-order valence-corrected chi connectivity index (χ4v) is 5.12. The molecular formula is C22H26N4O4S. The summed E-state index contributed by atoms with van der Waals surface area (Å²) in [6.07, 6.45) is 1.87. The predicted octanol–water partition coefficient (Wildman–Crippen LogP) is 2.51. The van der Waals surface area contributed by atoms with Gasteiger partial charge in [-0.2, -0.15) is 4.98 Å². The van der Waals surface area contributed by atoms with Crippen molar-refractivity contribution in [1.82, 2.24) is 15.0 Å². The first kappa shape index (κ1) is 21.3. The minimum absolute atomic E-state index is 0.0487. The highest BCUT2D eigenvalue weighted by Crippen LogP contribution is 2.28. The number of hydrogen-bond donors (Lipinski definition) is 2. The number of aryl methyl sites for hydroxylation is 2. The molecule has 0 bridgehead atoms. The van der Waals surface area contributed by atoms with Crippen LogP contribution >= 0.6 is 0 Å². The van der Waals surface area contributed by atoms with Crippen molar-refractivity contribution in [2.75, 3.05) is 24.5 Å². The number of anilines is 1.